The molecule has 1 rings (SSSR count). The summed E-state index contributed by atoms with van der Waals surface area (Å²) in [4.78, 5) is 11.0. The standard InChI is InChI=1S/C10H4Br2N4O2/c11-5-1-7(10(17)18)9(8(12)2-5)16-15-6(3-13)4-14/h1-2,16H,(H,17,18). The lowest BCUT2D eigenvalue weighted by Gasteiger charge is -2.08. The number of rotatable bonds is 3. The summed E-state index contributed by atoms with van der Waals surface area (Å²) in [7, 11) is 0. The van der Waals surface area contributed by atoms with Crippen molar-refractivity contribution < 1.29 is 9.90 Å². The lowest BCUT2D eigenvalue weighted by Crippen LogP contribution is -2.05. The first-order valence-electron chi connectivity index (χ1n) is 4.35. The van der Waals surface area contributed by atoms with Gasteiger partial charge in [0.25, 0.3) is 0 Å². The van der Waals surface area contributed by atoms with Crippen LogP contribution in [0, 0.1) is 22.7 Å². The van der Waals surface area contributed by atoms with Crippen molar-refractivity contribution in [1.29, 1.82) is 10.5 Å². The van der Waals surface area contributed by atoms with Crippen LogP contribution in [-0.4, -0.2) is 16.8 Å². The molecular weight excluding hydrogens is 368 g/mol. The molecular formula is C10H4Br2N4O2. The molecule has 18 heavy (non-hydrogen) atoms. The van der Waals surface area contributed by atoms with Crippen LogP contribution in [0.4, 0.5) is 5.69 Å². The highest BCUT2D eigenvalue weighted by Crippen LogP contribution is 2.30. The zero-order valence-electron chi connectivity index (χ0n) is 8.61. The van der Waals surface area contributed by atoms with Gasteiger partial charge in [-0.25, -0.2) is 4.79 Å². The number of nitrogens with one attached hydrogen (secondary N) is 1. The fraction of sp³-hybridized carbons (Fsp3) is 0. The third kappa shape index (κ3) is 3.29. The van der Waals surface area contributed by atoms with Gasteiger partial charge in [-0.2, -0.15) is 15.6 Å². The number of hydrazone groups is 1. The normalized spacial score (nSPS) is 8.89. The smallest absolute Gasteiger partial charge is 0.337 e. The second kappa shape index (κ2) is 6.15. The van der Waals surface area contributed by atoms with E-state index in [1.807, 2.05) is 0 Å². The number of nitrogens with zero attached hydrogens (tertiary/aromatic N) is 3. The summed E-state index contributed by atoms with van der Waals surface area (Å²) in [6.45, 7) is 0. The van der Waals surface area contributed by atoms with Crippen LogP contribution in [0.2, 0.25) is 0 Å². The second-order valence-electron chi connectivity index (χ2n) is 2.91. The predicted molar refractivity (Wildman–Crippen MR) is 71.1 cm³/mol. The monoisotopic (exact) mass is 370 g/mol. The SMILES string of the molecule is N#CC(C#N)=NNc1c(Br)cc(Br)cc1C(=O)O. The minimum absolute atomic E-state index is 0.0461. The van der Waals surface area contributed by atoms with Gasteiger partial charge in [0.2, 0.25) is 5.71 Å². The van der Waals surface area contributed by atoms with Crippen LogP contribution < -0.4 is 5.43 Å². The summed E-state index contributed by atoms with van der Waals surface area (Å²) < 4.78 is 1.01. The molecule has 8 heteroatoms. The van der Waals surface area contributed by atoms with Gasteiger partial charge in [-0.1, -0.05) is 15.9 Å². The highest BCUT2D eigenvalue weighted by molar-refractivity contribution is 9.11. The zero-order chi connectivity index (χ0) is 13.7. The van der Waals surface area contributed by atoms with Crippen LogP contribution in [0.3, 0.4) is 0 Å². The van der Waals surface area contributed by atoms with E-state index in [0.29, 0.717) is 8.95 Å². The third-order valence-corrected chi connectivity index (χ3v) is 2.86. The quantitative estimate of drug-likeness (QED) is 0.627. The molecule has 1 aromatic rings. The van der Waals surface area contributed by atoms with E-state index in [4.69, 9.17) is 15.6 Å². The number of benzene rings is 1. The summed E-state index contributed by atoms with van der Waals surface area (Å²) in [5.41, 5.74) is 2.10. The molecule has 0 fully saturated rings. The maximum absolute atomic E-state index is 11.0. The molecule has 0 radical (unpaired) electrons. The number of carboxylic acids is 1. The Morgan fingerprint density at radius 2 is 1.94 bits per heavy atom. The second-order valence-corrected chi connectivity index (χ2v) is 4.68. The Morgan fingerprint density at radius 3 is 2.44 bits per heavy atom. The summed E-state index contributed by atoms with van der Waals surface area (Å²) in [6, 6.07) is 6.10. The van der Waals surface area contributed by atoms with Crippen molar-refractivity contribution >= 4 is 49.2 Å². The van der Waals surface area contributed by atoms with E-state index >= 15 is 0 Å². The number of halogens is 2. The van der Waals surface area contributed by atoms with Crippen molar-refractivity contribution in [2.45, 2.75) is 0 Å². The zero-order valence-corrected chi connectivity index (χ0v) is 11.8. The molecule has 0 saturated heterocycles. The molecule has 0 aromatic heterocycles. The molecule has 0 unspecified atom stereocenters. The maximum Gasteiger partial charge on any atom is 0.337 e. The highest BCUT2D eigenvalue weighted by atomic mass is 79.9. The number of nitriles is 2. The van der Waals surface area contributed by atoms with Crippen molar-refractivity contribution in [2.75, 3.05) is 5.43 Å². The molecule has 0 spiro atoms. The summed E-state index contributed by atoms with van der Waals surface area (Å²) >= 11 is 6.33. The fourth-order valence-corrected chi connectivity index (χ4v) is 2.36. The van der Waals surface area contributed by atoms with Gasteiger partial charge in [-0.05, 0) is 28.1 Å². The molecule has 2 N–H and O–H groups in total. The van der Waals surface area contributed by atoms with E-state index in [1.165, 1.54) is 6.07 Å². The van der Waals surface area contributed by atoms with Gasteiger partial charge in [0.15, 0.2) is 0 Å². The van der Waals surface area contributed by atoms with E-state index in [-0.39, 0.29) is 11.3 Å². The van der Waals surface area contributed by atoms with Gasteiger partial charge in [-0.3, -0.25) is 5.43 Å². The number of aromatic carboxylic acids is 1. The molecule has 0 saturated carbocycles. The minimum atomic E-state index is -1.16. The highest BCUT2D eigenvalue weighted by Gasteiger charge is 2.14. The molecule has 0 aliphatic rings. The molecule has 0 aliphatic heterocycles. The van der Waals surface area contributed by atoms with Gasteiger partial charge in [0.1, 0.15) is 12.1 Å². The van der Waals surface area contributed by atoms with Crippen molar-refractivity contribution in [1.82, 2.24) is 0 Å². The molecule has 0 aliphatic carbocycles. The number of hydrogen-bond acceptors (Lipinski definition) is 5. The van der Waals surface area contributed by atoms with Crippen LogP contribution in [0.25, 0.3) is 0 Å². The molecule has 0 heterocycles. The van der Waals surface area contributed by atoms with Crippen LogP contribution in [0.5, 0.6) is 0 Å². The molecule has 1 aromatic carbocycles. The Bertz CT molecular complexity index is 598. The maximum atomic E-state index is 11.0. The van der Waals surface area contributed by atoms with Gasteiger partial charge < -0.3 is 5.11 Å². The Balaban J connectivity index is 3.26. The third-order valence-electron chi connectivity index (χ3n) is 1.78. The van der Waals surface area contributed by atoms with Gasteiger partial charge in [0, 0.05) is 8.95 Å². The van der Waals surface area contributed by atoms with Crippen molar-refractivity contribution in [2.24, 2.45) is 5.10 Å². The first-order valence-corrected chi connectivity index (χ1v) is 5.94. The Kier molecular flexibility index (Phi) is 4.84. The summed E-state index contributed by atoms with van der Waals surface area (Å²) in [5, 5.41) is 29.6. The van der Waals surface area contributed by atoms with Gasteiger partial charge in [-0.15, -0.1) is 0 Å². The average molecular weight is 372 g/mol. The van der Waals surface area contributed by atoms with Crippen LogP contribution in [0.1, 0.15) is 10.4 Å². The number of carboxylic acid groups (broad SMARTS) is 1. The fourth-order valence-electron chi connectivity index (χ4n) is 1.04. The van der Waals surface area contributed by atoms with Gasteiger partial charge in [0.05, 0.1) is 11.3 Å². The molecule has 0 bridgehead atoms. The molecule has 90 valence electrons. The summed E-state index contributed by atoms with van der Waals surface area (Å²) in [5.74, 6) is -1.16. The van der Waals surface area contributed by atoms with E-state index in [0.717, 1.165) is 0 Å². The van der Waals surface area contributed by atoms with E-state index in [1.54, 1.807) is 18.2 Å². The lowest BCUT2D eigenvalue weighted by molar-refractivity contribution is 0.0698. The van der Waals surface area contributed by atoms with Crippen LogP contribution in [-0.2, 0) is 0 Å². The number of hydrogen-bond donors (Lipinski definition) is 2. The average Bonchev–Trinajstić information content (AvgIpc) is 2.31. The van der Waals surface area contributed by atoms with Crippen molar-refractivity contribution in [3.8, 4) is 12.1 Å². The Morgan fingerprint density at radius 1 is 1.33 bits per heavy atom. The Labute approximate surface area is 119 Å². The summed E-state index contributed by atoms with van der Waals surface area (Å²) in [6.07, 6.45) is 0. The lowest BCUT2D eigenvalue weighted by atomic mass is 10.2. The van der Waals surface area contributed by atoms with Crippen molar-refractivity contribution in [3.63, 3.8) is 0 Å². The van der Waals surface area contributed by atoms with Crippen LogP contribution in [0.15, 0.2) is 26.2 Å². The largest absolute Gasteiger partial charge is 0.478 e. The molecule has 6 nitrogen and oxygen atoms in total. The van der Waals surface area contributed by atoms with Crippen LogP contribution >= 0.6 is 31.9 Å². The van der Waals surface area contributed by atoms with E-state index < -0.39 is 11.7 Å². The van der Waals surface area contributed by atoms with Gasteiger partial charge >= 0.3 is 5.97 Å². The van der Waals surface area contributed by atoms with Crippen molar-refractivity contribution in [3.05, 3.63) is 26.6 Å². The number of anilines is 1. The molecule has 0 amide bonds. The molecule has 0 atom stereocenters. The minimum Gasteiger partial charge on any atom is -0.478 e. The number of carbonyl (C=O) groups is 1. The first-order chi connectivity index (χ1) is 8.49. The van der Waals surface area contributed by atoms with E-state index in [9.17, 15) is 4.79 Å². The first kappa shape index (κ1) is 14.2. The van der Waals surface area contributed by atoms with E-state index in [2.05, 4.69) is 42.4 Å². The Hall–Kier alpha value is -1.90. The topological polar surface area (TPSA) is 109 Å². The predicted octanol–water partition coefficient (Wildman–Crippen LogP) is 2.72.